The third-order valence-electron chi connectivity index (χ3n) is 4.08. The highest BCUT2D eigenvalue weighted by molar-refractivity contribution is 6.30. The van der Waals surface area contributed by atoms with Crippen molar-refractivity contribution in [2.24, 2.45) is 0 Å². The molecule has 1 nitrogen and oxygen atoms in total. The van der Waals surface area contributed by atoms with Crippen LogP contribution in [0.3, 0.4) is 0 Å². The summed E-state index contributed by atoms with van der Waals surface area (Å²) in [5.41, 5.74) is 4.06. The Kier molecular flexibility index (Phi) is 2.18. The summed E-state index contributed by atoms with van der Waals surface area (Å²) in [6.07, 6.45) is 2.46. The van der Waals surface area contributed by atoms with Gasteiger partial charge in [0.2, 0.25) is 0 Å². The average molecular weight is 257 g/mol. The first kappa shape index (κ1) is 10.5. The number of halogens is 1. The molecule has 2 aliphatic rings. The van der Waals surface area contributed by atoms with Crippen molar-refractivity contribution >= 4 is 11.6 Å². The van der Waals surface area contributed by atoms with Gasteiger partial charge in [-0.25, -0.2) is 0 Å². The van der Waals surface area contributed by atoms with Crippen LogP contribution >= 0.6 is 11.6 Å². The zero-order chi connectivity index (χ0) is 12.1. The summed E-state index contributed by atoms with van der Waals surface area (Å²) in [4.78, 5) is 0. The highest BCUT2D eigenvalue weighted by Crippen LogP contribution is 2.51. The molecular formula is C16H13ClO. The van der Waals surface area contributed by atoms with E-state index >= 15 is 0 Å². The standard InChI is InChI=1S/C16H13ClO/c17-11-6-8-15-14(9-11)13-7-5-10-3-1-2-4-12(10)16(13)18-15/h1-4,6,8-9,13,16H,5,7H2/t13-,16-/m1/s1. The third kappa shape index (κ3) is 1.40. The van der Waals surface area contributed by atoms with Crippen LogP contribution in [0.2, 0.25) is 5.02 Å². The molecule has 0 bridgehead atoms. The molecule has 18 heavy (non-hydrogen) atoms. The topological polar surface area (TPSA) is 9.23 Å². The molecule has 1 aliphatic heterocycles. The van der Waals surface area contributed by atoms with E-state index in [1.54, 1.807) is 0 Å². The fourth-order valence-corrected chi connectivity index (χ4v) is 3.42. The Bertz CT molecular complexity index is 620. The fraction of sp³-hybridized carbons (Fsp3) is 0.250. The minimum absolute atomic E-state index is 0.184. The van der Waals surface area contributed by atoms with Gasteiger partial charge in [0.1, 0.15) is 11.9 Å². The van der Waals surface area contributed by atoms with Crippen molar-refractivity contribution < 1.29 is 4.74 Å². The molecule has 2 atom stereocenters. The molecule has 0 saturated carbocycles. The van der Waals surface area contributed by atoms with Gasteiger partial charge in [0.25, 0.3) is 0 Å². The smallest absolute Gasteiger partial charge is 0.131 e. The molecule has 0 radical (unpaired) electrons. The normalized spacial score (nSPS) is 23.8. The summed E-state index contributed by atoms with van der Waals surface area (Å²) in [7, 11) is 0. The van der Waals surface area contributed by atoms with Gasteiger partial charge in [0.05, 0.1) is 0 Å². The van der Waals surface area contributed by atoms with E-state index in [0.717, 1.165) is 23.6 Å². The molecule has 1 aliphatic carbocycles. The van der Waals surface area contributed by atoms with E-state index in [-0.39, 0.29) is 6.10 Å². The molecule has 0 N–H and O–H groups in total. The van der Waals surface area contributed by atoms with Gasteiger partial charge in [-0.3, -0.25) is 0 Å². The average Bonchev–Trinajstić information content (AvgIpc) is 2.77. The lowest BCUT2D eigenvalue weighted by Gasteiger charge is -2.27. The molecule has 4 rings (SSSR count). The molecule has 2 aromatic rings. The molecule has 0 aromatic heterocycles. The number of benzene rings is 2. The van der Waals surface area contributed by atoms with Gasteiger partial charge in [-0.1, -0.05) is 35.9 Å². The quantitative estimate of drug-likeness (QED) is 0.674. The van der Waals surface area contributed by atoms with Gasteiger partial charge in [0.15, 0.2) is 0 Å². The van der Waals surface area contributed by atoms with E-state index in [1.165, 1.54) is 16.7 Å². The number of fused-ring (bicyclic) bond motifs is 5. The van der Waals surface area contributed by atoms with Crippen LogP contribution in [0.5, 0.6) is 5.75 Å². The molecule has 0 amide bonds. The predicted octanol–water partition coefficient (Wildman–Crippen LogP) is 4.50. The van der Waals surface area contributed by atoms with Crippen LogP contribution in [-0.4, -0.2) is 0 Å². The molecule has 2 aromatic carbocycles. The number of hydrogen-bond acceptors (Lipinski definition) is 1. The molecule has 0 saturated heterocycles. The Morgan fingerprint density at radius 1 is 1.06 bits per heavy atom. The summed E-state index contributed by atoms with van der Waals surface area (Å²) >= 11 is 6.10. The molecule has 90 valence electrons. The molecule has 0 unspecified atom stereocenters. The first-order valence-electron chi connectivity index (χ1n) is 6.37. The van der Waals surface area contributed by atoms with Crippen molar-refractivity contribution in [3.8, 4) is 5.75 Å². The highest BCUT2D eigenvalue weighted by Gasteiger charge is 2.38. The van der Waals surface area contributed by atoms with Crippen LogP contribution in [0.25, 0.3) is 0 Å². The van der Waals surface area contributed by atoms with Gasteiger partial charge < -0.3 is 4.74 Å². The summed E-state index contributed by atoms with van der Waals surface area (Å²) in [6.45, 7) is 0. The van der Waals surface area contributed by atoms with Crippen molar-refractivity contribution in [1.29, 1.82) is 0 Å². The maximum absolute atomic E-state index is 6.13. The largest absolute Gasteiger partial charge is 0.485 e. The first-order chi connectivity index (χ1) is 8.83. The highest BCUT2D eigenvalue weighted by atomic mass is 35.5. The fourth-order valence-electron chi connectivity index (χ4n) is 3.24. The summed E-state index contributed by atoms with van der Waals surface area (Å²) in [6, 6.07) is 14.6. The second-order valence-electron chi connectivity index (χ2n) is 5.06. The van der Waals surface area contributed by atoms with E-state index in [4.69, 9.17) is 16.3 Å². The number of rotatable bonds is 0. The second kappa shape index (κ2) is 3.76. The van der Waals surface area contributed by atoms with Crippen molar-refractivity contribution in [3.05, 3.63) is 64.2 Å². The minimum Gasteiger partial charge on any atom is -0.485 e. The van der Waals surface area contributed by atoms with E-state index in [9.17, 15) is 0 Å². The van der Waals surface area contributed by atoms with E-state index in [2.05, 4.69) is 30.3 Å². The lowest BCUT2D eigenvalue weighted by molar-refractivity contribution is 0.195. The lowest BCUT2D eigenvalue weighted by Crippen LogP contribution is -2.18. The van der Waals surface area contributed by atoms with Gasteiger partial charge in [0, 0.05) is 16.5 Å². The Balaban J connectivity index is 1.84. The molecule has 0 fully saturated rings. The summed E-state index contributed by atoms with van der Waals surface area (Å²) in [5.74, 6) is 1.47. The number of aryl methyl sites for hydroxylation is 1. The van der Waals surface area contributed by atoms with Crippen LogP contribution in [0.1, 0.15) is 35.1 Å². The monoisotopic (exact) mass is 256 g/mol. The predicted molar refractivity (Wildman–Crippen MR) is 72.3 cm³/mol. The summed E-state index contributed by atoms with van der Waals surface area (Å²) in [5, 5.41) is 0.803. The maximum atomic E-state index is 6.13. The number of ether oxygens (including phenoxy) is 1. The molecule has 0 spiro atoms. The maximum Gasteiger partial charge on any atom is 0.131 e. The molecular weight excluding hydrogens is 244 g/mol. The van der Waals surface area contributed by atoms with E-state index in [0.29, 0.717) is 5.92 Å². The Labute approximate surface area is 111 Å². The lowest BCUT2D eigenvalue weighted by atomic mass is 9.79. The first-order valence-corrected chi connectivity index (χ1v) is 6.74. The third-order valence-corrected chi connectivity index (χ3v) is 4.31. The van der Waals surface area contributed by atoms with Crippen molar-refractivity contribution in [2.75, 3.05) is 0 Å². The Morgan fingerprint density at radius 3 is 2.89 bits per heavy atom. The van der Waals surface area contributed by atoms with Gasteiger partial charge >= 0.3 is 0 Å². The van der Waals surface area contributed by atoms with Crippen LogP contribution in [0.15, 0.2) is 42.5 Å². The Morgan fingerprint density at radius 2 is 1.94 bits per heavy atom. The molecule has 2 heteroatoms. The minimum atomic E-state index is 0.184. The van der Waals surface area contributed by atoms with Crippen LogP contribution in [0.4, 0.5) is 0 Å². The van der Waals surface area contributed by atoms with Crippen molar-refractivity contribution in [1.82, 2.24) is 0 Å². The Hall–Kier alpha value is -1.47. The van der Waals surface area contributed by atoms with E-state index < -0.39 is 0 Å². The van der Waals surface area contributed by atoms with Crippen LogP contribution in [0, 0.1) is 0 Å². The van der Waals surface area contributed by atoms with Gasteiger partial charge in [-0.15, -0.1) is 0 Å². The van der Waals surface area contributed by atoms with Crippen LogP contribution < -0.4 is 4.74 Å². The number of hydrogen-bond donors (Lipinski definition) is 0. The summed E-state index contributed by atoms with van der Waals surface area (Å²) < 4.78 is 6.13. The van der Waals surface area contributed by atoms with Crippen molar-refractivity contribution in [2.45, 2.75) is 24.9 Å². The zero-order valence-electron chi connectivity index (χ0n) is 9.90. The SMILES string of the molecule is Clc1ccc2c(c1)[C@H]1CCc3ccccc3[C@H]1O2. The van der Waals surface area contributed by atoms with Gasteiger partial charge in [-0.2, -0.15) is 0 Å². The zero-order valence-corrected chi connectivity index (χ0v) is 10.7. The van der Waals surface area contributed by atoms with Crippen LogP contribution in [-0.2, 0) is 6.42 Å². The van der Waals surface area contributed by atoms with E-state index in [1.807, 2.05) is 12.1 Å². The van der Waals surface area contributed by atoms with Crippen molar-refractivity contribution in [3.63, 3.8) is 0 Å². The van der Waals surface area contributed by atoms with Gasteiger partial charge in [-0.05, 0) is 42.2 Å². The molecule has 1 heterocycles. The second-order valence-corrected chi connectivity index (χ2v) is 5.50.